The molecule has 0 bridgehead atoms. The van der Waals surface area contributed by atoms with Gasteiger partial charge >= 0.3 is 0 Å². The van der Waals surface area contributed by atoms with Crippen molar-refractivity contribution >= 4 is 29.1 Å². The van der Waals surface area contributed by atoms with Crippen molar-refractivity contribution in [3.8, 4) is 17.1 Å². The van der Waals surface area contributed by atoms with Gasteiger partial charge in [0.15, 0.2) is 11.5 Å². The molecule has 0 amide bonds. The van der Waals surface area contributed by atoms with Crippen molar-refractivity contribution in [2.24, 2.45) is 0 Å². The first kappa shape index (κ1) is 23.4. The number of rotatable bonds is 7. The molecule has 1 aliphatic rings. The maximum Gasteiger partial charge on any atom is 0.183 e. The van der Waals surface area contributed by atoms with Crippen LogP contribution in [0.1, 0.15) is 31.0 Å². The zero-order chi connectivity index (χ0) is 21.9. The number of aromatic nitrogens is 5. The standard InChI is InChI=1S/C24H28N6O2.ClH/c1-3-4-9-32-20-13-19(14-25-15-20)24-28-27-23-17(2)26-21-6-5-18(12-22(21)30(23)24)16-29-7-10-31-11-8-29;/h5-6,12-15H,3-4,7-11,16H2,1-2H3;1H. The lowest BCUT2D eigenvalue weighted by atomic mass is 10.1. The van der Waals surface area contributed by atoms with Crippen molar-refractivity contribution in [1.29, 1.82) is 0 Å². The Hall–Kier alpha value is -2.81. The first-order chi connectivity index (χ1) is 15.7. The van der Waals surface area contributed by atoms with Crippen LogP contribution < -0.4 is 4.74 Å². The first-order valence-electron chi connectivity index (χ1n) is 11.3. The van der Waals surface area contributed by atoms with Gasteiger partial charge in [-0.3, -0.25) is 14.3 Å². The molecule has 9 heteroatoms. The van der Waals surface area contributed by atoms with Gasteiger partial charge in [-0.2, -0.15) is 0 Å². The SMILES string of the molecule is CCCCOc1cncc(-c2nnc3c(C)nc4ccc(CN5CCOCC5)cc4n23)c1.Cl. The highest BCUT2D eigenvalue weighted by molar-refractivity contribution is 5.85. The molecule has 33 heavy (non-hydrogen) atoms. The number of pyridine rings is 1. The summed E-state index contributed by atoms with van der Waals surface area (Å²) in [5.41, 5.74) is 5.63. The molecule has 5 rings (SSSR count). The zero-order valence-corrected chi connectivity index (χ0v) is 19.8. The monoisotopic (exact) mass is 468 g/mol. The maximum atomic E-state index is 5.86. The van der Waals surface area contributed by atoms with Crippen LogP contribution in [0.2, 0.25) is 0 Å². The largest absolute Gasteiger partial charge is 0.492 e. The molecule has 0 atom stereocenters. The van der Waals surface area contributed by atoms with Gasteiger partial charge in [0.2, 0.25) is 0 Å². The van der Waals surface area contributed by atoms with Crippen LogP contribution in [0.5, 0.6) is 5.75 Å². The summed E-state index contributed by atoms with van der Waals surface area (Å²) >= 11 is 0. The second-order valence-corrected chi connectivity index (χ2v) is 8.20. The minimum Gasteiger partial charge on any atom is -0.492 e. The quantitative estimate of drug-likeness (QED) is 0.378. The number of morpholine rings is 1. The Kier molecular flexibility index (Phi) is 7.37. The van der Waals surface area contributed by atoms with Gasteiger partial charge in [-0.15, -0.1) is 22.6 Å². The number of aryl methyl sites for hydroxylation is 1. The van der Waals surface area contributed by atoms with E-state index in [0.717, 1.165) is 85.2 Å². The number of ether oxygens (including phenoxy) is 2. The van der Waals surface area contributed by atoms with Gasteiger partial charge in [0.1, 0.15) is 5.75 Å². The third kappa shape index (κ3) is 4.93. The fraction of sp³-hybridized carbons (Fsp3) is 0.417. The molecule has 0 saturated carbocycles. The summed E-state index contributed by atoms with van der Waals surface area (Å²) in [6.45, 7) is 9.16. The maximum absolute atomic E-state index is 5.86. The summed E-state index contributed by atoms with van der Waals surface area (Å²) in [4.78, 5) is 11.6. The van der Waals surface area contributed by atoms with Gasteiger partial charge in [0.05, 0.1) is 42.7 Å². The van der Waals surface area contributed by atoms with E-state index in [1.165, 1.54) is 5.56 Å². The number of benzene rings is 1. The van der Waals surface area contributed by atoms with Crippen LogP contribution in [-0.4, -0.2) is 62.4 Å². The van der Waals surface area contributed by atoms with Crippen molar-refractivity contribution < 1.29 is 9.47 Å². The Balaban J connectivity index is 0.00000259. The fourth-order valence-corrected chi connectivity index (χ4v) is 4.08. The molecule has 4 aromatic rings. The first-order valence-corrected chi connectivity index (χ1v) is 11.3. The lowest BCUT2D eigenvalue weighted by molar-refractivity contribution is 0.0342. The van der Waals surface area contributed by atoms with Gasteiger partial charge in [0, 0.05) is 31.4 Å². The minimum absolute atomic E-state index is 0. The Morgan fingerprint density at radius 3 is 2.76 bits per heavy atom. The molecule has 1 aliphatic heterocycles. The van der Waals surface area contributed by atoms with Crippen LogP contribution in [0.4, 0.5) is 0 Å². The Morgan fingerprint density at radius 2 is 1.94 bits per heavy atom. The van der Waals surface area contributed by atoms with Crippen molar-refractivity contribution in [2.45, 2.75) is 33.2 Å². The van der Waals surface area contributed by atoms with Gasteiger partial charge in [-0.25, -0.2) is 4.98 Å². The minimum atomic E-state index is 0. The summed E-state index contributed by atoms with van der Waals surface area (Å²) in [7, 11) is 0. The smallest absolute Gasteiger partial charge is 0.183 e. The number of nitrogens with zero attached hydrogens (tertiary/aromatic N) is 6. The van der Waals surface area contributed by atoms with E-state index in [1.807, 2.05) is 19.2 Å². The average Bonchev–Trinajstić information content (AvgIpc) is 3.27. The van der Waals surface area contributed by atoms with Crippen LogP contribution in [0.15, 0.2) is 36.7 Å². The Morgan fingerprint density at radius 1 is 1.09 bits per heavy atom. The molecule has 1 aromatic carbocycles. The van der Waals surface area contributed by atoms with E-state index in [4.69, 9.17) is 14.5 Å². The predicted octanol–water partition coefficient (Wildman–Crippen LogP) is 4.08. The van der Waals surface area contributed by atoms with Gasteiger partial charge in [0.25, 0.3) is 0 Å². The van der Waals surface area contributed by atoms with Crippen molar-refractivity contribution in [3.05, 3.63) is 47.9 Å². The molecule has 174 valence electrons. The van der Waals surface area contributed by atoms with E-state index in [0.29, 0.717) is 6.61 Å². The van der Waals surface area contributed by atoms with E-state index in [9.17, 15) is 0 Å². The zero-order valence-electron chi connectivity index (χ0n) is 19.0. The van der Waals surface area contributed by atoms with E-state index < -0.39 is 0 Å². The molecule has 0 radical (unpaired) electrons. The lowest BCUT2D eigenvalue weighted by Gasteiger charge is -2.26. The van der Waals surface area contributed by atoms with Crippen LogP contribution in [0.3, 0.4) is 0 Å². The molecule has 0 spiro atoms. The van der Waals surface area contributed by atoms with E-state index >= 15 is 0 Å². The highest BCUT2D eigenvalue weighted by atomic mass is 35.5. The summed E-state index contributed by atoms with van der Waals surface area (Å²) in [6.07, 6.45) is 5.66. The Labute approximate surface area is 199 Å². The second-order valence-electron chi connectivity index (χ2n) is 8.20. The molecule has 0 aliphatic carbocycles. The van der Waals surface area contributed by atoms with Crippen molar-refractivity contribution in [2.75, 3.05) is 32.9 Å². The Bertz CT molecular complexity index is 1240. The predicted molar refractivity (Wildman–Crippen MR) is 130 cm³/mol. The molecule has 0 N–H and O–H groups in total. The highest BCUT2D eigenvalue weighted by Crippen LogP contribution is 2.27. The molecule has 4 heterocycles. The van der Waals surface area contributed by atoms with Crippen LogP contribution in [0.25, 0.3) is 28.1 Å². The topological polar surface area (TPSA) is 77.7 Å². The van der Waals surface area contributed by atoms with Gasteiger partial charge in [-0.1, -0.05) is 19.4 Å². The molecule has 1 saturated heterocycles. The van der Waals surface area contributed by atoms with Crippen LogP contribution in [0, 0.1) is 6.92 Å². The third-order valence-electron chi connectivity index (χ3n) is 5.80. The highest BCUT2D eigenvalue weighted by Gasteiger charge is 2.17. The molecule has 8 nitrogen and oxygen atoms in total. The third-order valence-corrected chi connectivity index (χ3v) is 5.80. The summed E-state index contributed by atoms with van der Waals surface area (Å²) in [5.74, 6) is 1.49. The molecular weight excluding hydrogens is 440 g/mol. The molecule has 0 unspecified atom stereocenters. The molecular formula is C24H29ClN6O2. The molecule has 3 aromatic heterocycles. The number of fused-ring (bicyclic) bond motifs is 3. The summed E-state index contributed by atoms with van der Waals surface area (Å²) in [6, 6.07) is 8.43. The number of halogens is 1. The van der Waals surface area contributed by atoms with E-state index in [2.05, 4.69) is 49.6 Å². The van der Waals surface area contributed by atoms with Crippen LogP contribution in [-0.2, 0) is 11.3 Å². The number of hydrogen-bond donors (Lipinski definition) is 0. The fourth-order valence-electron chi connectivity index (χ4n) is 4.08. The summed E-state index contributed by atoms with van der Waals surface area (Å²) in [5, 5.41) is 8.96. The number of hydrogen-bond acceptors (Lipinski definition) is 7. The summed E-state index contributed by atoms with van der Waals surface area (Å²) < 4.78 is 13.4. The lowest BCUT2D eigenvalue weighted by Crippen LogP contribution is -2.35. The number of unbranched alkanes of at least 4 members (excludes halogenated alkanes) is 1. The van der Waals surface area contributed by atoms with Gasteiger partial charge < -0.3 is 9.47 Å². The van der Waals surface area contributed by atoms with E-state index in [-0.39, 0.29) is 12.4 Å². The van der Waals surface area contributed by atoms with Crippen molar-refractivity contribution in [3.63, 3.8) is 0 Å². The van der Waals surface area contributed by atoms with Crippen LogP contribution >= 0.6 is 12.4 Å². The average molecular weight is 469 g/mol. The van der Waals surface area contributed by atoms with Gasteiger partial charge in [-0.05, 0) is 37.1 Å². The molecule has 1 fully saturated rings. The normalized spacial score (nSPS) is 14.5. The van der Waals surface area contributed by atoms with E-state index in [1.54, 1.807) is 6.20 Å². The second kappa shape index (κ2) is 10.4. The van der Waals surface area contributed by atoms with Crippen molar-refractivity contribution in [1.82, 2.24) is 29.5 Å².